The molecular formula is C15H21F3N2O4S. The molecule has 0 radical (unpaired) electrons. The largest absolute Gasteiger partial charge is 0.444 e. The van der Waals surface area contributed by atoms with Crippen molar-refractivity contribution in [2.45, 2.75) is 38.6 Å². The Labute approximate surface area is 144 Å². The molecule has 1 unspecified atom stereocenters. The van der Waals surface area contributed by atoms with Crippen molar-refractivity contribution in [2.24, 2.45) is 0 Å². The molecule has 10 heteroatoms. The van der Waals surface area contributed by atoms with E-state index >= 15 is 0 Å². The monoisotopic (exact) mass is 382 g/mol. The number of benzene rings is 1. The first kappa shape index (κ1) is 21.2. The minimum Gasteiger partial charge on any atom is -0.444 e. The number of carbonyl (C=O) groups excluding carboxylic acids is 1. The van der Waals surface area contributed by atoms with E-state index in [4.69, 9.17) is 4.74 Å². The van der Waals surface area contributed by atoms with Crippen molar-refractivity contribution in [2.75, 3.05) is 12.8 Å². The van der Waals surface area contributed by atoms with E-state index in [9.17, 15) is 26.4 Å². The van der Waals surface area contributed by atoms with Gasteiger partial charge >= 0.3 is 12.3 Å². The van der Waals surface area contributed by atoms with E-state index in [1.54, 1.807) is 20.8 Å². The van der Waals surface area contributed by atoms with E-state index in [1.807, 2.05) is 0 Å². The van der Waals surface area contributed by atoms with Gasteiger partial charge < -0.3 is 10.1 Å². The Morgan fingerprint density at radius 2 is 1.76 bits per heavy atom. The summed E-state index contributed by atoms with van der Waals surface area (Å²) in [5.41, 5.74) is -2.09. The number of amides is 1. The first-order chi connectivity index (χ1) is 11.2. The summed E-state index contributed by atoms with van der Waals surface area (Å²) >= 11 is 0. The van der Waals surface area contributed by atoms with Gasteiger partial charge in [-0.25, -0.2) is 17.9 Å². The fourth-order valence-electron chi connectivity index (χ4n) is 1.98. The average Bonchev–Trinajstić information content (AvgIpc) is 2.39. The molecule has 0 aromatic heterocycles. The minimum absolute atomic E-state index is 0.267. The summed E-state index contributed by atoms with van der Waals surface area (Å²) in [4.78, 5) is 11.9. The predicted octanol–water partition coefficient (Wildman–Crippen LogP) is 2.82. The molecule has 6 nitrogen and oxygen atoms in total. The van der Waals surface area contributed by atoms with Crippen LogP contribution in [0.3, 0.4) is 0 Å². The summed E-state index contributed by atoms with van der Waals surface area (Å²) in [5.74, 6) is 0. The summed E-state index contributed by atoms with van der Waals surface area (Å²) in [7, 11) is -3.67. The fourth-order valence-corrected chi connectivity index (χ4v) is 2.45. The Hall–Kier alpha value is -1.81. The number of carbonyl (C=O) groups is 1. The van der Waals surface area contributed by atoms with Crippen molar-refractivity contribution in [1.82, 2.24) is 10.0 Å². The highest BCUT2D eigenvalue weighted by atomic mass is 32.2. The third kappa shape index (κ3) is 7.74. The van der Waals surface area contributed by atoms with Gasteiger partial charge in [0.1, 0.15) is 5.60 Å². The summed E-state index contributed by atoms with van der Waals surface area (Å²) in [6, 6.07) is 3.35. The maximum absolute atomic E-state index is 13.2. The molecule has 0 aliphatic rings. The van der Waals surface area contributed by atoms with E-state index in [-0.39, 0.29) is 5.56 Å². The van der Waals surface area contributed by atoms with Crippen LogP contribution >= 0.6 is 0 Å². The quantitative estimate of drug-likeness (QED) is 0.820. The number of alkyl carbamates (subject to hydrolysis) is 1. The summed E-state index contributed by atoms with van der Waals surface area (Å²) in [6.45, 7) is 4.34. The number of rotatable bonds is 5. The van der Waals surface area contributed by atoms with Gasteiger partial charge in [0.2, 0.25) is 10.0 Å². The molecule has 2 N–H and O–H groups in total. The van der Waals surface area contributed by atoms with Gasteiger partial charge in [-0.15, -0.1) is 0 Å². The molecule has 0 aliphatic carbocycles. The number of nitrogens with one attached hydrogen (secondary N) is 2. The van der Waals surface area contributed by atoms with Gasteiger partial charge in [-0.05, 0) is 32.4 Å². The zero-order valence-corrected chi connectivity index (χ0v) is 15.1. The van der Waals surface area contributed by atoms with Gasteiger partial charge in [-0.3, -0.25) is 0 Å². The average molecular weight is 382 g/mol. The van der Waals surface area contributed by atoms with Crippen molar-refractivity contribution in [3.05, 3.63) is 35.4 Å². The standard InChI is InChI=1S/C15H21F3N2O4S/c1-14(2,3)24-13(21)20-12(9-19-25(4,22)23)10-7-5-6-8-11(10)15(16,17)18/h5-8,12,19H,9H2,1-4H3,(H,20,21). The maximum atomic E-state index is 13.2. The Bertz CT molecular complexity index is 712. The number of ether oxygens (including phenoxy) is 1. The highest BCUT2D eigenvalue weighted by Gasteiger charge is 2.35. The number of halogens is 3. The zero-order valence-electron chi connectivity index (χ0n) is 14.3. The molecule has 1 atom stereocenters. The lowest BCUT2D eigenvalue weighted by molar-refractivity contribution is -0.138. The summed E-state index contributed by atoms with van der Waals surface area (Å²) in [6.07, 6.45) is -4.74. The molecule has 0 bridgehead atoms. The maximum Gasteiger partial charge on any atom is 0.416 e. The highest BCUT2D eigenvalue weighted by molar-refractivity contribution is 7.88. The number of alkyl halides is 3. The van der Waals surface area contributed by atoms with Crippen LogP contribution in [0.5, 0.6) is 0 Å². The molecule has 142 valence electrons. The van der Waals surface area contributed by atoms with Crippen LogP contribution in [0.2, 0.25) is 0 Å². The second-order valence-electron chi connectivity index (χ2n) is 6.40. The number of sulfonamides is 1. The van der Waals surface area contributed by atoms with Crippen LogP contribution in [-0.2, 0) is 20.9 Å². The van der Waals surface area contributed by atoms with Crippen LogP contribution in [-0.4, -0.2) is 32.9 Å². The molecule has 1 aromatic rings. The van der Waals surface area contributed by atoms with Crippen LogP contribution in [0.4, 0.5) is 18.0 Å². The van der Waals surface area contributed by atoms with Gasteiger partial charge in [0.05, 0.1) is 17.9 Å². The van der Waals surface area contributed by atoms with E-state index in [0.717, 1.165) is 12.3 Å². The summed E-state index contributed by atoms with van der Waals surface area (Å²) in [5, 5.41) is 2.29. The second kappa shape index (κ2) is 7.61. The molecule has 0 fully saturated rings. The molecular weight excluding hydrogens is 361 g/mol. The Kier molecular flexibility index (Phi) is 6.46. The topological polar surface area (TPSA) is 84.5 Å². The molecule has 1 amide bonds. The first-order valence-corrected chi connectivity index (χ1v) is 9.18. The second-order valence-corrected chi connectivity index (χ2v) is 8.24. The lowest BCUT2D eigenvalue weighted by Crippen LogP contribution is -2.40. The molecule has 1 aromatic carbocycles. The van der Waals surface area contributed by atoms with Crippen molar-refractivity contribution < 1.29 is 31.1 Å². The van der Waals surface area contributed by atoms with E-state index in [2.05, 4.69) is 10.0 Å². The number of hydrogen-bond donors (Lipinski definition) is 2. The van der Waals surface area contributed by atoms with Crippen molar-refractivity contribution in [3.63, 3.8) is 0 Å². The van der Waals surface area contributed by atoms with Gasteiger partial charge in [-0.2, -0.15) is 13.2 Å². The first-order valence-electron chi connectivity index (χ1n) is 7.29. The minimum atomic E-state index is -4.66. The fraction of sp³-hybridized carbons (Fsp3) is 0.533. The Morgan fingerprint density at radius 1 is 1.20 bits per heavy atom. The van der Waals surface area contributed by atoms with Crippen LogP contribution in [0, 0.1) is 0 Å². The molecule has 25 heavy (non-hydrogen) atoms. The van der Waals surface area contributed by atoms with Gasteiger partial charge in [0.25, 0.3) is 0 Å². The number of hydrogen-bond acceptors (Lipinski definition) is 4. The van der Waals surface area contributed by atoms with Crippen molar-refractivity contribution in [1.29, 1.82) is 0 Å². The smallest absolute Gasteiger partial charge is 0.416 e. The van der Waals surface area contributed by atoms with Crippen LogP contribution in [0.1, 0.15) is 37.9 Å². The molecule has 0 saturated heterocycles. The molecule has 0 saturated carbocycles. The summed E-state index contributed by atoms with van der Waals surface area (Å²) < 4.78 is 69.3. The molecule has 0 spiro atoms. The van der Waals surface area contributed by atoms with E-state index in [1.165, 1.54) is 18.2 Å². The third-order valence-electron chi connectivity index (χ3n) is 2.88. The van der Waals surface area contributed by atoms with Gasteiger partial charge in [-0.1, -0.05) is 18.2 Å². The van der Waals surface area contributed by atoms with Gasteiger partial charge in [0, 0.05) is 6.54 Å². The lowest BCUT2D eigenvalue weighted by Gasteiger charge is -2.25. The van der Waals surface area contributed by atoms with E-state index < -0.39 is 46.0 Å². The predicted molar refractivity (Wildman–Crippen MR) is 86.4 cm³/mol. The lowest BCUT2D eigenvalue weighted by atomic mass is 10.00. The van der Waals surface area contributed by atoms with E-state index in [0.29, 0.717) is 0 Å². The third-order valence-corrected chi connectivity index (χ3v) is 3.57. The van der Waals surface area contributed by atoms with Crippen LogP contribution in [0.15, 0.2) is 24.3 Å². The molecule has 1 rings (SSSR count). The van der Waals surface area contributed by atoms with Crippen molar-refractivity contribution >= 4 is 16.1 Å². The van der Waals surface area contributed by atoms with Gasteiger partial charge in [0.15, 0.2) is 0 Å². The Balaban J connectivity index is 3.17. The SMILES string of the molecule is CC(C)(C)OC(=O)NC(CNS(C)(=O)=O)c1ccccc1C(F)(F)F. The van der Waals surface area contributed by atoms with Crippen molar-refractivity contribution in [3.8, 4) is 0 Å². The highest BCUT2D eigenvalue weighted by Crippen LogP contribution is 2.34. The van der Waals surface area contributed by atoms with Crippen LogP contribution < -0.4 is 10.0 Å². The van der Waals surface area contributed by atoms with Crippen LogP contribution in [0.25, 0.3) is 0 Å². The Morgan fingerprint density at radius 3 is 2.24 bits per heavy atom. The normalized spacial score (nSPS) is 14.0. The zero-order chi connectivity index (χ0) is 19.5. The molecule has 0 aliphatic heterocycles. The molecule has 0 heterocycles.